The van der Waals surface area contributed by atoms with Crippen LogP contribution in [-0.4, -0.2) is 7.05 Å². The van der Waals surface area contributed by atoms with E-state index >= 15 is 0 Å². The zero-order chi connectivity index (χ0) is 15.6. The van der Waals surface area contributed by atoms with E-state index in [2.05, 4.69) is 21.2 Å². The minimum Gasteiger partial charge on any atom is -0.313 e. The molecule has 0 aliphatic heterocycles. The van der Waals surface area contributed by atoms with Crippen LogP contribution in [0.5, 0.6) is 0 Å². The number of hydrogen-bond acceptors (Lipinski definition) is 1. The molecule has 0 aromatic heterocycles. The molecule has 6 heteroatoms. The Morgan fingerprint density at radius 2 is 1.86 bits per heavy atom. The normalized spacial score (nSPS) is 12.5. The van der Waals surface area contributed by atoms with Crippen LogP contribution in [-0.2, 0) is 6.42 Å². The van der Waals surface area contributed by atoms with E-state index < -0.39 is 17.5 Å². The molecule has 1 nitrogen and oxygen atoms in total. The Hall–Kier alpha value is -1.04. The van der Waals surface area contributed by atoms with Crippen LogP contribution in [0.1, 0.15) is 17.2 Å². The summed E-state index contributed by atoms with van der Waals surface area (Å²) in [6, 6.07) is 6.77. The molecule has 1 atom stereocenters. The molecule has 0 aliphatic carbocycles. The maximum absolute atomic E-state index is 13.6. The van der Waals surface area contributed by atoms with E-state index in [0.717, 1.165) is 6.07 Å². The lowest BCUT2D eigenvalue weighted by Crippen LogP contribution is -2.20. The summed E-state index contributed by atoms with van der Waals surface area (Å²) in [5.74, 6) is -2.36. The Balaban J connectivity index is 2.32. The average Bonchev–Trinajstić information content (AvgIpc) is 2.47. The van der Waals surface area contributed by atoms with Crippen molar-refractivity contribution < 1.29 is 13.2 Å². The van der Waals surface area contributed by atoms with Gasteiger partial charge in [-0.05, 0) is 58.7 Å². The van der Waals surface area contributed by atoms with Gasteiger partial charge in [-0.25, -0.2) is 13.2 Å². The van der Waals surface area contributed by atoms with Gasteiger partial charge < -0.3 is 5.32 Å². The van der Waals surface area contributed by atoms with Crippen molar-refractivity contribution in [2.24, 2.45) is 0 Å². The molecule has 1 N–H and O–H groups in total. The van der Waals surface area contributed by atoms with Crippen molar-refractivity contribution in [3.63, 3.8) is 0 Å². The number of likely N-dealkylation sites (N-methyl/N-ethyl adjacent to an activating group) is 1. The molecular formula is C15H12BrClF3N. The summed E-state index contributed by atoms with van der Waals surface area (Å²) >= 11 is 8.70. The second kappa shape index (κ2) is 6.81. The van der Waals surface area contributed by atoms with E-state index in [4.69, 9.17) is 11.6 Å². The molecule has 1 unspecified atom stereocenters. The SMILES string of the molecule is CNC(Cc1ccc(Cl)c(F)c1)c1ccc(F)c(F)c1Br. The lowest BCUT2D eigenvalue weighted by Gasteiger charge is -2.19. The summed E-state index contributed by atoms with van der Waals surface area (Å²) < 4.78 is 40.3. The molecule has 0 radical (unpaired) electrons. The lowest BCUT2D eigenvalue weighted by atomic mass is 9.98. The predicted molar refractivity (Wildman–Crippen MR) is 81.0 cm³/mol. The second-order valence-corrected chi connectivity index (χ2v) is 5.76. The second-order valence-electron chi connectivity index (χ2n) is 4.56. The monoisotopic (exact) mass is 377 g/mol. The highest BCUT2D eigenvalue weighted by Gasteiger charge is 2.18. The summed E-state index contributed by atoms with van der Waals surface area (Å²) in [5.41, 5.74) is 1.26. The van der Waals surface area contributed by atoms with Crippen LogP contribution in [0.4, 0.5) is 13.2 Å². The van der Waals surface area contributed by atoms with Crippen LogP contribution in [0.25, 0.3) is 0 Å². The molecule has 112 valence electrons. The molecule has 0 saturated carbocycles. The number of nitrogens with one attached hydrogen (secondary N) is 1. The fourth-order valence-corrected chi connectivity index (χ4v) is 2.80. The predicted octanol–water partition coefficient (Wildman–Crippen LogP) is 5.02. The van der Waals surface area contributed by atoms with E-state index in [1.807, 2.05) is 0 Å². The maximum Gasteiger partial charge on any atom is 0.173 e. The first kappa shape index (κ1) is 16.3. The first-order valence-corrected chi connectivity index (χ1v) is 7.35. The van der Waals surface area contributed by atoms with Crippen molar-refractivity contribution in [3.05, 3.63) is 68.4 Å². The van der Waals surface area contributed by atoms with Gasteiger partial charge in [-0.15, -0.1) is 0 Å². The molecule has 2 aromatic rings. The van der Waals surface area contributed by atoms with E-state index in [1.54, 1.807) is 13.1 Å². The highest BCUT2D eigenvalue weighted by Crippen LogP contribution is 2.30. The van der Waals surface area contributed by atoms with Crippen molar-refractivity contribution in [1.82, 2.24) is 5.32 Å². The molecule has 0 saturated heterocycles. The molecular weight excluding hydrogens is 367 g/mol. The molecule has 0 amide bonds. The molecule has 0 spiro atoms. The van der Waals surface area contributed by atoms with Gasteiger partial charge in [0.25, 0.3) is 0 Å². The van der Waals surface area contributed by atoms with Crippen LogP contribution in [0.3, 0.4) is 0 Å². The molecule has 21 heavy (non-hydrogen) atoms. The van der Waals surface area contributed by atoms with Gasteiger partial charge in [0.1, 0.15) is 5.82 Å². The first-order valence-electron chi connectivity index (χ1n) is 6.18. The van der Waals surface area contributed by atoms with Crippen molar-refractivity contribution in [2.75, 3.05) is 7.05 Å². The standard InChI is InChI=1S/C15H12BrClF3N/c1-21-13(7-8-2-4-10(17)12(19)6-8)9-3-5-11(18)15(20)14(9)16/h2-6,13,21H,7H2,1H3. The fraction of sp³-hybridized carbons (Fsp3) is 0.200. The quantitative estimate of drug-likeness (QED) is 0.736. The van der Waals surface area contributed by atoms with Gasteiger partial charge >= 0.3 is 0 Å². The van der Waals surface area contributed by atoms with Gasteiger partial charge in [-0.1, -0.05) is 23.7 Å². The molecule has 2 rings (SSSR count). The largest absolute Gasteiger partial charge is 0.313 e. The Morgan fingerprint density at radius 1 is 1.14 bits per heavy atom. The van der Waals surface area contributed by atoms with E-state index in [1.165, 1.54) is 18.2 Å². The van der Waals surface area contributed by atoms with Crippen LogP contribution in [0, 0.1) is 17.5 Å². The van der Waals surface area contributed by atoms with Gasteiger partial charge in [0.2, 0.25) is 0 Å². The summed E-state index contributed by atoms with van der Waals surface area (Å²) in [5, 5.41) is 3.06. The minimum atomic E-state index is -0.935. The molecule has 0 bridgehead atoms. The summed E-state index contributed by atoms with van der Waals surface area (Å²) in [4.78, 5) is 0. The van der Waals surface area contributed by atoms with Gasteiger partial charge in [0.15, 0.2) is 11.6 Å². The van der Waals surface area contributed by atoms with Crippen molar-refractivity contribution in [1.29, 1.82) is 0 Å². The Kier molecular flexibility index (Phi) is 5.30. The van der Waals surface area contributed by atoms with Crippen LogP contribution >= 0.6 is 27.5 Å². The average molecular weight is 379 g/mol. The van der Waals surface area contributed by atoms with Crippen LogP contribution < -0.4 is 5.32 Å². The third-order valence-corrected chi connectivity index (χ3v) is 4.33. The number of benzene rings is 2. The smallest absolute Gasteiger partial charge is 0.173 e. The van der Waals surface area contributed by atoms with Gasteiger partial charge in [0.05, 0.1) is 9.50 Å². The lowest BCUT2D eigenvalue weighted by molar-refractivity contribution is 0.495. The molecule has 2 aromatic carbocycles. The van der Waals surface area contributed by atoms with Crippen molar-refractivity contribution >= 4 is 27.5 Å². The van der Waals surface area contributed by atoms with Crippen molar-refractivity contribution in [2.45, 2.75) is 12.5 Å². The van der Waals surface area contributed by atoms with Crippen molar-refractivity contribution in [3.8, 4) is 0 Å². The minimum absolute atomic E-state index is 0.0498. The Labute approximate surface area is 134 Å². The topological polar surface area (TPSA) is 12.0 Å². The van der Waals surface area contributed by atoms with Gasteiger partial charge in [0, 0.05) is 6.04 Å². The number of halogens is 5. The summed E-state index contributed by atoms with van der Waals surface area (Å²) in [7, 11) is 1.70. The number of hydrogen-bond donors (Lipinski definition) is 1. The third-order valence-electron chi connectivity index (χ3n) is 3.21. The first-order chi connectivity index (χ1) is 9.93. The highest BCUT2D eigenvalue weighted by atomic mass is 79.9. The Morgan fingerprint density at radius 3 is 2.48 bits per heavy atom. The highest BCUT2D eigenvalue weighted by molar-refractivity contribution is 9.10. The van der Waals surface area contributed by atoms with E-state index in [9.17, 15) is 13.2 Å². The third kappa shape index (κ3) is 3.59. The van der Waals surface area contributed by atoms with Gasteiger partial charge in [-0.2, -0.15) is 0 Å². The Bertz CT molecular complexity index is 664. The maximum atomic E-state index is 13.6. The zero-order valence-electron chi connectivity index (χ0n) is 11.1. The number of rotatable bonds is 4. The van der Waals surface area contributed by atoms with E-state index in [0.29, 0.717) is 17.5 Å². The van der Waals surface area contributed by atoms with E-state index in [-0.39, 0.29) is 15.5 Å². The zero-order valence-corrected chi connectivity index (χ0v) is 13.4. The summed E-state index contributed by atoms with van der Waals surface area (Å²) in [6.07, 6.45) is 0.411. The van der Waals surface area contributed by atoms with Crippen LogP contribution in [0.15, 0.2) is 34.8 Å². The molecule has 0 fully saturated rings. The van der Waals surface area contributed by atoms with Gasteiger partial charge in [-0.3, -0.25) is 0 Å². The molecule has 0 heterocycles. The summed E-state index contributed by atoms with van der Waals surface area (Å²) in [6.45, 7) is 0. The fourth-order valence-electron chi connectivity index (χ4n) is 2.08. The van der Waals surface area contributed by atoms with Crippen LogP contribution in [0.2, 0.25) is 5.02 Å². The molecule has 0 aliphatic rings.